The van der Waals surface area contributed by atoms with Gasteiger partial charge in [0.25, 0.3) is 10.0 Å². The molecule has 0 aliphatic carbocycles. The largest absolute Gasteiger partial charge is 0.326 e. The number of nitrogens with zero attached hydrogens (tertiary/aromatic N) is 5. The van der Waals surface area contributed by atoms with Crippen LogP contribution in [0.15, 0.2) is 41.3 Å². The predicted octanol–water partition coefficient (Wildman–Crippen LogP) is 0.625. The number of amides is 1. The predicted molar refractivity (Wildman–Crippen MR) is 90.8 cm³/mol. The summed E-state index contributed by atoms with van der Waals surface area (Å²) in [5.74, 6) is -0.0848. The Morgan fingerprint density at radius 2 is 1.85 bits per heavy atom. The maximum atomic E-state index is 12.3. The molecule has 0 spiro atoms. The summed E-state index contributed by atoms with van der Waals surface area (Å²) in [5, 5.41) is 22.9. The standard InChI is InChI=1S/C13H11ClN8O3S/c14-10-5-6-11(17-16-10)20-26(24,25)9-3-1-8(2-4-9)15-13(23)7-12-18-21-22-19-12/h1-6H,7H2,(H,15,23)(H,17,20)(H,18,19,21,22). The second-order valence-electron chi connectivity index (χ2n) is 4.92. The average Bonchev–Trinajstić information content (AvgIpc) is 3.10. The second kappa shape index (κ2) is 7.41. The first-order valence-electron chi connectivity index (χ1n) is 7.07. The van der Waals surface area contributed by atoms with Gasteiger partial charge in [0.15, 0.2) is 16.8 Å². The molecule has 3 rings (SSSR count). The number of aromatic nitrogens is 6. The Morgan fingerprint density at radius 3 is 2.46 bits per heavy atom. The number of benzene rings is 1. The van der Waals surface area contributed by atoms with Crippen molar-refractivity contribution in [3.8, 4) is 0 Å². The molecule has 134 valence electrons. The Kier molecular flexibility index (Phi) is 5.04. The Morgan fingerprint density at radius 1 is 1.08 bits per heavy atom. The van der Waals surface area contributed by atoms with Crippen LogP contribution in [0.1, 0.15) is 5.82 Å². The summed E-state index contributed by atoms with van der Waals surface area (Å²) >= 11 is 5.61. The van der Waals surface area contributed by atoms with E-state index >= 15 is 0 Å². The smallest absolute Gasteiger partial charge is 0.263 e. The number of hydrogen-bond donors (Lipinski definition) is 3. The molecule has 0 aliphatic heterocycles. The van der Waals surface area contributed by atoms with Crippen LogP contribution < -0.4 is 10.0 Å². The van der Waals surface area contributed by atoms with Crippen LogP contribution in [0.3, 0.4) is 0 Å². The van der Waals surface area contributed by atoms with E-state index in [1.807, 2.05) is 0 Å². The third-order valence-corrected chi connectivity index (χ3v) is 4.60. The Balaban J connectivity index is 1.66. The third-order valence-electron chi connectivity index (χ3n) is 3.03. The number of aromatic amines is 1. The van der Waals surface area contributed by atoms with Crippen molar-refractivity contribution in [3.05, 3.63) is 47.4 Å². The molecule has 1 amide bonds. The highest BCUT2D eigenvalue weighted by molar-refractivity contribution is 7.92. The van der Waals surface area contributed by atoms with Crippen LogP contribution in [0.5, 0.6) is 0 Å². The maximum Gasteiger partial charge on any atom is 0.263 e. The first-order valence-corrected chi connectivity index (χ1v) is 8.93. The molecule has 2 aromatic heterocycles. The van der Waals surface area contributed by atoms with Crippen LogP contribution in [-0.4, -0.2) is 45.1 Å². The number of H-pyrrole nitrogens is 1. The van der Waals surface area contributed by atoms with Gasteiger partial charge in [-0.2, -0.15) is 5.21 Å². The lowest BCUT2D eigenvalue weighted by Gasteiger charge is -2.08. The van der Waals surface area contributed by atoms with E-state index in [1.54, 1.807) is 0 Å². The molecule has 0 saturated carbocycles. The summed E-state index contributed by atoms with van der Waals surface area (Å²) in [5.41, 5.74) is 0.420. The van der Waals surface area contributed by atoms with E-state index in [-0.39, 0.29) is 34.0 Å². The highest BCUT2D eigenvalue weighted by Gasteiger charge is 2.15. The summed E-state index contributed by atoms with van der Waals surface area (Å²) in [6, 6.07) is 8.39. The number of nitrogens with one attached hydrogen (secondary N) is 3. The Bertz CT molecular complexity index is 991. The minimum Gasteiger partial charge on any atom is -0.326 e. The fourth-order valence-corrected chi connectivity index (χ4v) is 2.99. The molecule has 0 aliphatic rings. The van der Waals surface area contributed by atoms with Crippen LogP contribution >= 0.6 is 11.6 Å². The van der Waals surface area contributed by atoms with E-state index in [9.17, 15) is 13.2 Å². The van der Waals surface area contributed by atoms with Gasteiger partial charge < -0.3 is 5.32 Å². The van der Waals surface area contributed by atoms with E-state index in [4.69, 9.17) is 11.6 Å². The fraction of sp³-hybridized carbons (Fsp3) is 0.0769. The molecule has 1 aromatic carbocycles. The molecule has 0 atom stereocenters. The Labute approximate surface area is 152 Å². The number of hydrogen-bond acceptors (Lipinski definition) is 8. The second-order valence-corrected chi connectivity index (χ2v) is 6.99. The molecular formula is C13H11ClN8O3S. The normalized spacial score (nSPS) is 11.1. The molecular weight excluding hydrogens is 384 g/mol. The van der Waals surface area contributed by atoms with Gasteiger partial charge in [-0.05, 0) is 36.4 Å². The third kappa shape index (κ3) is 4.49. The lowest BCUT2D eigenvalue weighted by Crippen LogP contribution is -2.16. The molecule has 11 nitrogen and oxygen atoms in total. The van der Waals surface area contributed by atoms with Crippen LogP contribution in [-0.2, 0) is 21.2 Å². The zero-order chi connectivity index (χ0) is 18.6. The van der Waals surface area contributed by atoms with Crippen molar-refractivity contribution >= 4 is 39.0 Å². The molecule has 3 N–H and O–H groups in total. The number of carbonyl (C=O) groups is 1. The van der Waals surface area contributed by atoms with Gasteiger partial charge in [-0.15, -0.1) is 20.4 Å². The van der Waals surface area contributed by atoms with Gasteiger partial charge >= 0.3 is 0 Å². The van der Waals surface area contributed by atoms with Crippen molar-refractivity contribution in [2.24, 2.45) is 0 Å². The van der Waals surface area contributed by atoms with Crippen molar-refractivity contribution in [2.45, 2.75) is 11.3 Å². The molecule has 0 radical (unpaired) electrons. The summed E-state index contributed by atoms with van der Waals surface area (Å²) < 4.78 is 26.9. The van der Waals surface area contributed by atoms with Crippen molar-refractivity contribution in [1.29, 1.82) is 0 Å². The summed E-state index contributed by atoms with van der Waals surface area (Å²) in [4.78, 5) is 11.8. The van der Waals surface area contributed by atoms with Gasteiger partial charge in [-0.25, -0.2) is 8.42 Å². The van der Waals surface area contributed by atoms with Crippen LogP contribution in [0.25, 0.3) is 0 Å². The van der Waals surface area contributed by atoms with Crippen molar-refractivity contribution < 1.29 is 13.2 Å². The SMILES string of the molecule is O=C(Cc1nn[nH]n1)Nc1ccc(S(=O)(=O)Nc2ccc(Cl)nn2)cc1. The lowest BCUT2D eigenvalue weighted by molar-refractivity contribution is -0.115. The molecule has 2 heterocycles. The van der Waals surface area contributed by atoms with E-state index in [0.29, 0.717) is 5.69 Å². The Hall–Kier alpha value is -3.12. The number of halogens is 1. The summed E-state index contributed by atoms with van der Waals surface area (Å²) in [6.07, 6.45) is -0.0622. The number of carbonyl (C=O) groups excluding carboxylic acids is 1. The maximum absolute atomic E-state index is 12.3. The number of anilines is 2. The summed E-state index contributed by atoms with van der Waals surface area (Å²) in [7, 11) is -3.85. The van der Waals surface area contributed by atoms with Gasteiger partial charge in [0, 0.05) is 5.69 Å². The first kappa shape index (κ1) is 17.7. The van der Waals surface area contributed by atoms with Crippen LogP contribution in [0.4, 0.5) is 11.5 Å². The van der Waals surface area contributed by atoms with Crippen LogP contribution in [0.2, 0.25) is 5.15 Å². The van der Waals surface area contributed by atoms with E-state index in [1.165, 1.54) is 36.4 Å². The molecule has 26 heavy (non-hydrogen) atoms. The molecule has 3 aromatic rings. The molecule has 0 fully saturated rings. The van der Waals surface area contributed by atoms with Gasteiger partial charge in [-0.3, -0.25) is 9.52 Å². The summed E-state index contributed by atoms with van der Waals surface area (Å²) in [6.45, 7) is 0. The minimum atomic E-state index is -3.85. The van der Waals surface area contributed by atoms with E-state index in [0.717, 1.165) is 0 Å². The quantitative estimate of drug-likeness (QED) is 0.549. The van der Waals surface area contributed by atoms with Crippen molar-refractivity contribution in [3.63, 3.8) is 0 Å². The molecule has 0 bridgehead atoms. The zero-order valence-corrected chi connectivity index (χ0v) is 14.5. The number of sulfonamides is 1. The van der Waals surface area contributed by atoms with Crippen molar-refractivity contribution in [2.75, 3.05) is 10.0 Å². The minimum absolute atomic E-state index is 0.00887. The molecule has 0 saturated heterocycles. The number of rotatable bonds is 6. The van der Waals surface area contributed by atoms with E-state index < -0.39 is 10.0 Å². The highest BCUT2D eigenvalue weighted by atomic mass is 35.5. The average molecular weight is 395 g/mol. The monoisotopic (exact) mass is 394 g/mol. The number of tetrazole rings is 1. The topological polar surface area (TPSA) is 156 Å². The fourth-order valence-electron chi connectivity index (χ4n) is 1.89. The first-order chi connectivity index (χ1) is 12.4. The highest BCUT2D eigenvalue weighted by Crippen LogP contribution is 2.17. The zero-order valence-electron chi connectivity index (χ0n) is 12.9. The molecule has 0 unspecified atom stereocenters. The van der Waals surface area contributed by atoms with E-state index in [2.05, 4.69) is 40.9 Å². The molecule has 13 heteroatoms. The van der Waals surface area contributed by atoms with Gasteiger partial charge in [0.05, 0.1) is 11.3 Å². The van der Waals surface area contributed by atoms with Gasteiger partial charge in [0.2, 0.25) is 5.91 Å². The lowest BCUT2D eigenvalue weighted by atomic mass is 10.3. The van der Waals surface area contributed by atoms with Crippen molar-refractivity contribution in [1.82, 2.24) is 30.8 Å². The van der Waals surface area contributed by atoms with Gasteiger partial charge in [-0.1, -0.05) is 16.8 Å². The van der Waals surface area contributed by atoms with Gasteiger partial charge in [0.1, 0.15) is 0 Å². The van der Waals surface area contributed by atoms with Crippen LogP contribution in [0, 0.1) is 0 Å².